The zero-order valence-corrected chi connectivity index (χ0v) is 21.8. The fraction of sp³-hybridized carbons (Fsp3) is 0.519. The molecule has 2 aromatic rings. The SMILES string of the molecule is COc1cc(/C=N\NC(=O)c2cc3c(s2)CC[C@H](C)C3)ccc1OCC(=O)N1[C@@H](C)CCC[C@@H]1C. The first-order chi connectivity index (χ1) is 16.9. The second-order valence-electron chi connectivity index (χ2n) is 9.74. The van der Waals surface area contributed by atoms with Gasteiger partial charge in [-0.3, -0.25) is 9.59 Å². The maximum atomic E-state index is 12.8. The Hall–Kier alpha value is -2.87. The first-order valence-corrected chi connectivity index (χ1v) is 13.2. The van der Waals surface area contributed by atoms with Gasteiger partial charge in [-0.15, -0.1) is 11.3 Å². The van der Waals surface area contributed by atoms with Crippen LogP contribution in [0.4, 0.5) is 0 Å². The number of likely N-dealkylation sites (tertiary alicyclic amines) is 1. The third-order valence-corrected chi connectivity index (χ3v) is 8.19. The van der Waals surface area contributed by atoms with Gasteiger partial charge in [0.15, 0.2) is 18.1 Å². The lowest BCUT2D eigenvalue weighted by molar-refractivity contribution is -0.139. The Balaban J connectivity index is 1.34. The van der Waals surface area contributed by atoms with Crippen LogP contribution in [0.15, 0.2) is 29.4 Å². The molecule has 1 fully saturated rings. The monoisotopic (exact) mass is 497 g/mol. The number of nitrogens with zero attached hydrogens (tertiary/aromatic N) is 2. The number of fused-ring (bicyclic) bond motifs is 1. The first kappa shape index (κ1) is 25.2. The molecular weight excluding hydrogens is 462 g/mol. The van der Waals surface area contributed by atoms with Crippen molar-refractivity contribution < 1.29 is 19.1 Å². The van der Waals surface area contributed by atoms with E-state index in [2.05, 4.69) is 31.3 Å². The molecule has 4 rings (SSSR count). The molecule has 0 radical (unpaired) electrons. The van der Waals surface area contributed by atoms with Gasteiger partial charge in [-0.05, 0) is 93.7 Å². The molecule has 0 unspecified atom stereocenters. The smallest absolute Gasteiger partial charge is 0.281 e. The molecule has 1 aliphatic carbocycles. The topological polar surface area (TPSA) is 80.2 Å². The van der Waals surface area contributed by atoms with Crippen LogP contribution < -0.4 is 14.9 Å². The first-order valence-electron chi connectivity index (χ1n) is 12.4. The second kappa shape index (κ2) is 11.2. The lowest BCUT2D eigenvalue weighted by Crippen LogP contribution is -2.49. The van der Waals surface area contributed by atoms with E-state index in [1.165, 1.54) is 16.9 Å². The maximum absolute atomic E-state index is 12.8. The summed E-state index contributed by atoms with van der Waals surface area (Å²) in [5.41, 5.74) is 4.67. The highest BCUT2D eigenvalue weighted by atomic mass is 32.1. The summed E-state index contributed by atoms with van der Waals surface area (Å²) in [6, 6.07) is 7.81. The summed E-state index contributed by atoms with van der Waals surface area (Å²) in [6.45, 7) is 6.41. The van der Waals surface area contributed by atoms with E-state index in [1.807, 2.05) is 17.0 Å². The van der Waals surface area contributed by atoms with Gasteiger partial charge in [-0.25, -0.2) is 5.43 Å². The average molecular weight is 498 g/mol. The maximum Gasteiger partial charge on any atom is 0.281 e. The number of methoxy groups -OCH3 is 1. The minimum atomic E-state index is -0.195. The number of hydrogen-bond acceptors (Lipinski definition) is 6. The largest absolute Gasteiger partial charge is 0.493 e. The average Bonchev–Trinajstić information content (AvgIpc) is 3.26. The number of hydrazone groups is 1. The zero-order valence-electron chi connectivity index (χ0n) is 21.0. The molecule has 188 valence electrons. The molecule has 7 nitrogen and oxygen atoms in total. The minimum Gasteiger partial charge on any atom is -0.493 e. The van der Waals surface area contributed by atoms with Crippen molar-refractivity contribution in [3.63, 3.8) is 0 Å². The highest BCUT2D eigenvalue weighted by molar-refractivity contribution is 7.14. The highest BCUT2D eigenvalue weighted by Crippen LogP contribution is 2.32. The molecule has 0 bridgehead atoms. The summed E-state index contributed by atoms with van der Waals surface area (Å²) in [7, 11) is 1.56. The van der Waals surface area contributed by atoms with Gasteiger partial charge in [0.25, 0.3) is 11.8 Å². The Kier molecular flexibility index (Phi) is 8.11. The normalized spacial score (nSPS) is 22.1. The van der Waals surface area contributed by atoms with Crippen LogP contribution in [0, 0.1) is 5.92 Å². The number of benzene rings is 1. The molecule has 2 amide bonds. The van der Waals surface area contributed by atoms with E-state index in [-0.39, 0.29) is 30.5 Å². The molecule has 0 spiro atoms. The van der Waals surface area contributed by atoms with Gasteiger partial charge in [-0.2, -0.15) is 5.10 Å². The molecule has 1 saturated heterocycles. The lowest BCUT2D eigenvalue weighted by Gasteiger charge is -2.39. The zero-order chi connectivity index (χ0) is 24.9. The predicted molar refractivity (Wildman–Crippen MR) is 139 cm³/mol. The van der Waals surface area contributed by atoms with Crippen molar-refractivity contribution in [1.82, 2.24) is 10.3 Å². The quantitative estimate of drug-likeness (QED) is 0.440. The van der Waals surface area contributed by atoms with Crippen LogP contribution in [-0.4, -0.2) is 48.7 Å². The van der Waals surface area contributed by atoms with E-state index in [1.54, 1.807) is 36.8 Å². The van der Waals surface area contributed by atoms with Gasteiger partial charge in [0.1, 0.15) is 0 Å². The van der Waals surface area contributed by atoms with Crippen LogP contribution in [0.2, 0.25) is 0 Å². The molecule has 2 aliphatic rings. The number of rotatable bonds is 7. The van der Waals surface area contributed by atoms with Gasteiger partial charge in [0.05, 0.1) is 18.2 Å². The number of nitrogens with one attached hydrogen (secondary N) is 1. The van der Waals surface area contributed by atoms with Crippen LogP contribution in [0.3, 0.4) is 0 Å². The minimum absolute atomic E-state index is 0.00943. The van der Waals surface area contributed by atoms with Gasteiger partial charge in [-0.1, -0.05) is 6.92 Å². The van der Waals surface area contributed by atoms with Crippen molar-refractivity contribution in [3.05, 3.63) is 45.1 Å². The van der Waals surface area contributed by atoms with E-state index in [0.29, 0.717) is 22.3 Å². The fourth-order valence-corrected chi connectivity index (χ4v) is 6.15. The number of carbonyl (C=O) groups excluding carboxylic acids is 2. The van der Waals surface area contributed by atoms with Crippen LogP contribution in [0.25, 0.3) is 0 Å². The lowest BCUT2D eigenvalue weighted by atomic mass is 9.90. The molecule has 1 N–H and O–H groups in total. The van der Waals surface area contributed by atoms with Gasteiger partial charge >= 0.3 is 0 Å². The van der Waals surface area contributed by atoms with E-state index in [4.69, 9.17) is 9.47 Å². The van der Waals surface area contributed by atoms with E-state index >= 15 is 0 Å². The Morgan fingerprint density at radius 3 is 2.66 bits per heavy atom. The Morgan fingerprint density at radius 2 is 1.91 bits per heavy atom. The molecule has 0 saturated carbocycles. The molecule has 1 aromatic heterocycles. The Morgan fingerprint density at radius 1 is 1.14 bits per heavy atom. The highest BCUT2D eigenvalue weighted by Gasteiger charge is 2.29. The predicted octanol–water partition coefficient (Wildman–Crippen LogP) is 4.81. The number of thiophene rings is 1. The van der Waals surface area contributed by atoms with Gasteiger partial charge in [0, 0.05) is 17.0 Å². The third kappa shape index (κ3) is 6.04. The van der Waals surface area contributed by atoms with Crippen LogP contribution in [0.5, 0.6) is 11.5 Å². The van der Waals surface area contributed by atoms with Crippen LogP contribution in [0.1, 0.15) is 72.1 Å². The Bertz CT molecular complexity index is 1090. The third-order valence-electron chi connectivity index (χ3n) is 6.95. The van der Waals surface area contributed by atoms with E-state index in [9.17, 15) is 9.59 Å². The van der Waals surface area contributed by atoms with Crippen molar-refractivity contribution in [2.75, 3.05) is 13.7 Å². The number of carbonyl (C=O) groups is 2. The summed E-state index contributed by atoms with van der Waals surface area (Å²) in [6.07, 6.45) is 8.04. The molecule has 35 heavy (non-hydrogen) atoms. The molecule has 8 heteroatoms. The standard InChI is InChI=1S/C27H35N3O4S/c1-17-8-11-24-21(12-17)14-25(35-24)27(32)29-28-15-20-9-10-22(23(13-20)33-4)34-16-26(31)30-18(2)6-5-7-19(30)3/h9-10,13-15,17-19H,5-8,11-12,16H2,1-4H3,(H,29,32)/b28-15-/t17-,18-,19-/m0/s1. The summed E-state index contributed by atoms with van der Waals surface area (Å²) in [5.74, 6) is 1.47. The number of amides is 2. The number of ether oxygens (including phenoxy) is 2. The van der Waals surface area contributed by atoms with E-state index in [0.717, 1.165) is 37.7 Å². The molecular formula is C27H35N3O4S. The number of piperidine rings is 1. The van der Waals surface area contributed by atoms with Crippen molar-refractivity contribution in [2.45, 2.75) is 71.4 Å². The summed E-state index contributed by atoms with van der Waals surface area (Å²) in [5, 5.41) is 4.12. The second-order valence-corrected chi connectivity index (χ2v) is 10.9. The van der Waals surface area contributed by atoms with Crippen LogP contribution in [-0.2, 0) is 17.6 Å². The number of aryl methyl sites for hydroxylation is 1. The Labute approximate surface area is 211 Å². The van der Waals surface area contributed by atoms with Crippen molar-refractivity contribution in [1.29, 1.82) is 0 Å². The summed E-state index contributed by atoms with van der Waals surface area (Å²) < 4.78 is 11.3. The van der Waals surface area contributed by atoms with Crippen molar-refractivity contribution in [3.8, 4) is 11.5 Å². The van der Waals surface area contributed by atoms with Gasteiger partial charge < -0.3 is 14.4 Å². The molecule has 1 aromatic carbocycles. The van der Waals surface area contributed by atoms with Gasteiger partial charge in [0.2, 0.25) is 0 Å². The number of hydrogen-bond donors (Lipinski definition) is 1. The van der Waals surface area contributed by atoms with Crippen molar-refractivity contribution in [2.24, 2.45) is 11.0 Å². The van der Waals surface area contributed by atoms with E-state index < -0.39 is 0 Å². The molecule has 2 heterocycles. The van der Waals surface area contributed by atoms with Crippen LogP contribution >= 0.6 is 11.3 Å². The molecule has 1 aliphatic heterocycles. The summed E-state index contributed by atoms with van der Waals surface area (Å²) >= 11 is 1.56. The fourth-order valence-electron chi connectivity index (χ4n) is 5.05. The molecule has 3 atom stereocenters. The summed E-state index contributed by atoms with van der Waals surface area (Å²) in [4.78, 5) is 29.3. The van der Waals surface area contributed by atoms with Crippen molar-refractivity contribution >= 4 is 29.4 Å².